The second-order valence-corrected chi connectivity index (χ2v) is 11.4. The average molecular weight is 447 g/mol. The zero-order chi connectivity index (χ0) is 22.6. The summed E-state index contributed by atoms with van der Waals surface area (Å²) in [4.78, 5) is 33.3. The molecule has 2 aromatic rings. The number of nitrogens with one attached hydrogen (secondary N) is 1. The van der Waals surface area contributed by atoms with E-state index in [4.69, 9.17) is 5.73 Å². The molecule has 1 saturated heterocycles. The van der Waals surface area contributed by atoms with E-state index >= 15 is 0 Å². The van der Waals surface area contributed by atoms with Gasteiger partial charge in [-0.3, -0.25) is 9.59 Å². The number of anilines is 1. The summed E-state index contributed by atoms with van der Waals surface area (Å²) in [7, 11) is -3.02. The largest absolute Gasteiger partial charge is 0.365 e. The summed E-state index contributed by atoms with van der Waals surface area (Å²) in [5.74, 6) is 0.0290. The summed E-state index contributed by atoms with van der Waals surface area (Å²) in [5, 5.41) is 7.67. The van der Waals surface area contributed by atoms with Crippen LogP contribution in [0.5, 0.6) is 0 Å². The van der Waals surface area contributed by atoms with Gasteiger partial charge in [0.05, 0.1) is 34.7 Å². The maximum atomic E-state index is 12.7. The van der Waals surface area contributed by atoms with E-state index in [1.54, 1.807) is 11.6 Å². The molecule has 1 aliphatic carbocycles. The second kappa shape index (κ2) is 7.40. The lowest BCUT2D eigenvalue weighted by molar-refractivity contribution is 0.0909. The zero-order valence-corrected chi connectivity index (χ0v) is 18.6. The summed E-state index contributed by atoms with van der Waals surface area (Å²) >= 11 is 0. The standard InChI is InChI=1S/C20H26N6O4S/c1-11-16-13(8-20(2,3)9-14(16)27)26(25-11)15-10-22-17(18(21)28)19(24-15)23-12-4-6-31(29,30)7-5-12/h10,12H,4-9H2,1-3H3,(H2,21,28)(H,23,24). The van der Waals surface area contributed by atoms with Crippen molar-refractivity contribution < 1.29 is 18.0 Å². The van der Waals surface area contributed by atoms with Crippen molar-refractivity contribution in [1.29, 1.82) is 0 Å². The minimum atomic E-state index is -3.02. The van der Waals surface area contributed by atoms with Crippen LogP contribution < -0.4 is 11.1 Å². The number of primary amides is 1. The Morgan fingerprint density at radius 1 is 1.26 bits per heavy atom. The molecule has 166 valence electrons. The molecule has 4 rings (SSSR count). The van der Waals surface area contributed by atoms with Gasteiger partial charge in [-0.05, 0) is 31.6 Å². The fourth-order valence-electron chi connectivity index (χ4n) is 4.32. The van der Waals surface area contributed by atoms with Gasteiger partial charge in [-0.15, -0.1) is 0 Å². The van der Waals surface area contributed by atoms with E-state index in [1.807, 2.05) is 13.8 Å². The molecule has 3 N–H and O–H groups in total. The number of aromatic nitrogens is 4. The van der Waals surface area contributed by atoms with Crippen molar-refractivity contribution in [1.82, 2.24) is 19.7 Å². The van der Waals surface area contributed by atoms with Gasteiger partial charge in [0.15, 0.2) is 23.1 Å². The molecule has 0 bridgehead atoms. The highest BCUT2D eigenvalue weighted by atomic mass is 32.2. The zero-order valence-electron chi connectivity index (χ0n) is 17.8. The fraction of sp³-hybridized carbons (Fsp3) is 0.550. The lowest BCUT2D eigenvalue weighted by atomic mass is 9.75. The first kappa shape index (κ1) is 21.4. The molecular weight excluding hydrogens is 420 g/mol. The molecule has 0 atom stereocenters. The molecule has 3 heterocycles. The molecule has 0 radical (unpaired) electrons. The van der Waals surface area contributed by atoms with Crippen molar-refractivity contribution in [2.75, 3.05) is 16.8 Å². The number of aryl methyl sites for hydroxylation is 1. The maximum Gasteiger partial charge on any atom is 0.271 e. The number of Topliss-reactive ketones (excluding diaryl/α,β-unsaturated/α-hetero) is 1. The number of nitrogens with two attached hydrogens (primary N) is 1. The molecule has 0 spiro atoms. The van der Waals surface area contributed by atoms with Crippen molar-refractivity contribution >= 4 is 27.3 Å². The Bertz CT molecular complexity index is 1170. The summed E-state index contributed by atoms with van der Waals surface area (Å²) in [5.41, 5.74) is 7.27. The van der Waals surface area contributed by atoms with E-state index in [1.165, 1.54) is 6.20 Å². The Kier molecular flexibility index (Phi) is 5.11. The van der Waals surface area contributed by atoms with E-state index in [2.05, 4.69) is 20.4 Å². The number of nitrogens with zero attached hydrogens (tertiary/aromatic N) is 4. The van der Waals surface area contributed by atoms with E-state index in [0.717, 1.165) is 5.69 Å². The third kappa shape index (κ3) is 4.18. The second-order valence-electron chi connectivity index (χ2n) is 9.12. The Balaban J connectivity index is 1.73. The van der Waals surface area contributed by atoms with Gasteiger partial charge in [0.25, 0.3) is 5.91 Å². The first-order chi connectivity index (χ1) is 14.5. The minimum absolute atomic E-state index is 0.0219. The van der Waals surface area contributed by atoms with Gasteiger partial charge >= 0.3 is 0 Å². The van der Waals surface area contributed by atoms with E-state index in [9.17, 15) is 18.0 Å². The highest BCUT2D eigenvalue weighted by Crippen LogP contribution is 2.36. The summed E-state index contributed by atoms with van der Waals surface area (Å²) < 4.78 is 25.0. The first-order valence-corrected chi connectivity index (χ1v) is 12.0. The number of carbonyl (C=O) groups is 2. The third-order valence-electron chi connectivity index (χ3n) is 5.83. The van der Waals surface area contributed by atoms with Gasteiger partial charge in [0.2, 0.25) is 0 Å². The normalized spacial score (nSPS) is 20.3. The predicted octanol–water partition coefficient (Wildman–Crippen LogP) is 1.21. The lowest BCUT2D eigenvalue weighted by Crippen LogP contribution is -2.33. The number of hydrogen-bond acceptors (Lipinski definition) is 8. The Morgan fingerprint density at radius 2 is 1.94 bits per heavy atom. The minimum Gasteiger partial charge on any atom is -0.365 e. The van der Waals surface area contributed by atoms with Crippen LogP contribution in [-0.4, -0.2) is 57.4 Å². The number of fused-ring (bicyclic) bond motifs is 1. The van der Waals surface area contributed by atoms with E-state index in [0.29, 0.717) is 42.8 Å². The molecule has 31 heavy (non-hydrogen) atoms. The molecule has 1 amide bonds. The molecule has 2 aromatic heterocycles. The van der Waals surface area contributed by atoms with E-state index < -0.39 is 15.7 Å². The number of sulfone groups is 1. The van der Waals surface area contributed by atoms with Gasteiger partial charge in [-0.2, -0.15) is 5.10 Å². The Morgan fingerprint density at radius 3 is 2.58 bits per heavy atom. The first-order valence-electron chi connectivity index (χ1n) is 10.2. The number of hydrogen-bond donors (Lipinski definition) is 2. The topological polar surface area (TPSA) is 150 Å². The summed E-state index contributed by atoms with van der Waals surface area (Å²) in [6.45, 7) is 5.86. The van der Waals surface area contributed by atoms with Crippen molar-refractivity contribution in [3.8, 4) is 5.82 Å². The van der Waals surface area contributed by atoms with Gasteiger partial charge in [-0.25, -0.2) is 23.1 Å². The third-order valence-corrected chi connectivity index (χ3v) is 7.54. The van der Waals surface area contributed by atoms with Crippen LogP contribution in [0.1, 0.15) is 65.3 Å². The summed E-state index contributed by atoms with van der Waals surface area (Å²) in [6, 6.07) is -0.167. The quantitative estimate of drug-likeness (QED) is 0.711. The highest BCUT2D eigenvalue weighted by molar-refractivity contribution is 7.91. The molecule has 2 aliphatic rings. The van der Waals surface area contributed by atoms with Crippen LogP contribution in [0.3, 0.4) is 0 Å². The van der Waals surface area contributed by atoms with Gasteiger partial charge < -0.3 is 11.1 Å². The average Bonchev–Trinajstić information content (AvgIpc) is 2.98. The van der Waals surface area contributed by atoms with Gasteiger partial charge in [-0.1, -0.05) is 13.8 Å². The van der Waals surface area contributed by atoms with Crippen LogP contribution in [0, 0.1) is 12.3 Å². The molecule has 1 aliphatic heterocycles. The van der Waals surface area contributed by atoms with Crippen molar-refractivity contribution in [3.05, 3.63) is 28.8 Å². The Labute approximate surface area is 180 Å². The Hall–Kier alpha value is -2.82. The van der Waals surface area contributed by atoms with Crippen LogP contribution >= 0.6 is 0 Å². The molecule has 0 aromatic carbocycles. The van der Waals surface area contributed by atoms with Crippen LogP contribution in [0.2, 0.25) is 0 Å². The van der Waals surface area contributed by atoms with Gasteiger partial charge in [0, 0.05) is 12.5 Å². The smallest absolute Gasteiger partial charge is 0.271 e. The monoisotopic (exact) mass is 446 g/mol. The molecule has 11 heteroatoms. The maximum absolute atomic E-state index is 12.7. The van der Waals surface area contributed by atoms with Crippen molar-refractivity contribution in [2.45, 2.75) is 52.5 Å². The predicted molar refractivity (Wildman–Crippen MR) is 114 cm³/mol. The molecule has 0 saturated carbocycles. The summed E-state index contributed by atoms with van der Waals surface area (Å²) in [6.07, 6.45) is 3.33. The number of ketones is 1. The van der Waals surface area contributed by atoms with Crippen LogP contribution in [0.4, 0.5) is 5.82 Å². The molecular formula is C20H26N6O4S. The van der Waals surface area contributed by atoms with Crippen molar-refractivity contribution in [3.63, 3.8) is 0 Å². The van der Waals surface area contributed by atoms with Crippen LogP contribution in [0.25, 0.3) is 5.82 Å². The molecule has 10 nitrogen and oxygen atoms in total. The molecule has 1 fully saturated rings. The van der Waals surface area contributed by atoms with Gasteiger partial charge in [0.1, 0.15) is 9.84 Å². The van der Waals surface area contributed by atoms with Crippen molar-refractivity contribution in [2.24, 2.45) is 11.1 Å². The highest BCUT2D eigenvalue weighted by Gasteiger charge is 2.36. The molecule has 0 unspecified atom stereocenters. The SMILES string of the molecule is Cc1nn(-c2cnc(C(N)=O)c(NC3CCS(=O)(=O)CC3)n2)c2c1C(=O)CC(C)(C)C2. The number of amides is 1. The van der Waals surface area contributed by atoms with Crippen LogP contribution in [0.15, 0.2) is 6.20 Å². The lowest BCUT2D eigenvalue weighted by Gasteiger charge is -2.29. The number of carbonyl (C=O) groups excluding carboxylic acids is 2. The van der Waals surface area contributed by atoms with Crippen LogP contribution in [-0.2, 0) is 16.3 Å². The van der Waals surface area contributed by atoms with E-state index in [-0.39, 0.29) is 40.3 Å². The number of rotatable bonds is 4. The fourth-order valence-corrected chi connectivity index (χ4v) is 5.81.